The van der Waals surface area contributed by atoms with E-state index in [0.717, 1.165) is 6.07 Å². The van der Waals surface area contributed by atoms with Crippen LogP contribution in [0.3, 0.4) is 0 Å². The van der Waals surface area contributed by atoms with Gasteiger partial charge in [0.2, 0.25) is 0 Å². The third-order valence-electron chi connectivity index (χ3n) is 2.30. The maximum absolute atomic E-state index is 13.3. The molecule has 0 saturated carbocycles. The van der Waals surface area contributed by atoms with Crippen LogP contribution >= 0.6 is 22.9 Å². The first-order valence-electron chi connectivity index (χ1n) is 5.56. The Morgan fingerprint density at radius 2 is 2.20 bits per heavy atom. The first-order valence-corrected chi connectivity index (χ1v) is 6.75. The molecule has 1 heterocycles. The van der Waals surface area contributed by atoms with Crippen LogP contribution in [0, 0.1) is 17.7 Å². The van der Waals surface area contributed by atoms with Crippen molar-refractivity contribution in [3.8, 4) is 11.8 Å². The monoisotopic (exact) mass is 309 g/mol. The Kier molecular flexibility index (Phi) is 4.74. The summed E-state index contributed by atoms with van der Waals surface area (Å²) in [4.78, 5) is 13.1. The van der Waals surface area contributed by atoms with Crippen molar-refractivity contribution in [1.29, 1.82) is 0 Å². The van der Waals surface area contributed by atoms with Crippen molar-refractivity contribution >= 4 is 34.5 Å². The number of carbonyl (C=O) groups excluding carboxylic acids is 1. The molecule has 1 amide bonds. The van der Waals surface area contributed by atoms with Crippen molar-refractivity contribution in [3.63, 3.8) is 0 Å². The van der Waals surface area contributed by atoms with Gasteiger partial charge in [0.1, 0.15) is 12.4 Å². The first kappa shape index (κ1) is 14.5. The number of amides is 1. The van der Waals surface area contributed by atoms with E-state index >= 15 is 0 Å². The van der Waals surface area contributed by atoms with Crippen LogP contribution in [0.15, 0.2) is 30.3 Å². The third-order valence-corrected chi connectivity index (χ3v) is 3.60. The Morgan fingerprint density at radius 1 is 1.40 bits per heavy atom. The van der Waals surface area contributed by atoms with Crippen molar-refractivity contribution in [2.24, 2.45) is 0 Å². The lowest BCUT2D eigenvalue weighted by molar-refractivity contribution is 0.103. The first-order chi connectivity index (χ1) is 9.60. The minimum Gasteiger partial charge on any atom is -0.384 e. The van der Waals surface area contributed by atoms with E-state index in [0.29, 0.717) is 15.4 Å². The van der Waals surface area contributed by atoms with Crippen LogP contribution in [-0.2, 0) is 0 Å². The van der Waals surface area contributed by atoms with Gasteiger partial charge in [0.15, 0.2) is 0 Å². The Bertz CT molecular complexity index is 703. The highest BCUT2D eigenvalue weighted by Crippen LogP contribution is 2.21. The number of anilines is 1. The number of halogens is 2. The van der Waals surface area contributed by atoms with Crippen LogP contribution in [0.1, 0.15) is 14.5 Å². The van der Waals surface area contributed by atoms with Gasteiger partial charge in [-0.3, -0.25) is 4.79 Å². The van der Waals surface area contributed by atoms with Crippen molar-refractivity contribution in [1.82, 2.24) is 0 Å². The molecule has 102 valence electrons. The Balaban J connectivity index is 2.11. The van der Waals surface area contributed by atoms with Crippen LogP contribution in [0.2, 0.25) is 5.02 Å². The van der Waals surface area contributed by atoms with Crippen LogP contribution < -0.4 is 5.32 Å². The number of thiophene rings is 1. The predicted octanol–water partition coefficient (Wildman–Crippen LogP) is 3.14. The molecule has 2 N–H and O–H groups in total. The summed E-state index contributed by atoms with van der Waals surface area (Å²) in [6.45, 7) is -0.233. The van der Waals surface area contributed by atoms with Gasteiger partial charge in [-0.1, -0.05) is 23.4 Å². The molecule has 0 saturated heterocycles. The number of hydrogen-bond donors (Lipinski definition) is 2. The fourth-order valence-corrected chi connectivity index (χ4v) is 2.31. The maximum Gasteiger partial charge on any atom is 0.265 e. The molecule has 2 aromatic rings. The number of carbonyl (C=O) groups is 1. The standard InChI is InChI=1S/C14H9ClFNO2S/c15-11-5-3-9(8-12(11)16)17-14(19)13-6-4-10(20-13)2-1-7-18/h3-6,8,18H,7H2,(H,17,19). The number of benzene rings is 1. The van der Waals surface area contributed by atoms with Gasteiger partial charge in [0.05, 0.1) is 14.8 Å². The molecule has 20 heavy (non-hydrogen) atoms. The Hall–Kier alpha value is -1.87. The molecular formula is C14H9ClFNO2S. The lowest BCUT2D eigenvalue weighted by Gasteiger charge is -2.04. The average Bonchev–Trinajstić information content (AvgIpc) is 2.89. The fourth-order valence-electron chi connectivity index (χ4n) is 1.42. The van der Waals surface area contributed by atoms with Gasteiger partial charge in [-0.2, -0.15) is 0 Å². The molecule has 0 fully saturated rings. The van der Waals surface area contributed by atoms with E-state index in [1.807, 2.05) is 0 Å². The van der Waals surface area contributed by atoms with E-state index in [1.54, 1.807) is 12.1 Å². The number of hydrogen-bond acceptors (Lipinski definition) is 3. The molecular weight excluding hydrogens is 301 g/mol. The molecule has 1 aromatic heterocycles. The van der Waals surface area contributed by atoms with E-state index in [2.05, 4.69) is 17.2 Å². The summed E-state index contributed by atoms with van der Waals surface area (Å²) in [5.74, 6) is 4.27. The highest BCUT2D eigenvalue weighted by molar-refractivity contribution is 7.14. The normalized spacial score (nSPS) is 9.75. The zero-order chi connectivity index (χ0) is 14.5. The second-order valence-corrected chi connectivity index (χ2v) is 5.20. The fraction of sp³-hybridized carbons (Fsp3) is 0.0714. The van der Waals surface area contributed by atoms with Crippen molar-refractivity contribution in [3.05, 3.63) is 50.9 Å². The lowest BCUT2D eigenvalue weighted by Crippen LogP contribution is -2.10. The molecule has 0 bridgehead atoms. The van der Waals surface area contributed by atoms with Gasteiger partial charge in [-0.25, -0.2) is 4.39 Å². The van der Waals surface area contributed by atoms with Gasteiger partial charge in [0.25, 0.3) is 5.91 Å². The molecule has 0 atom stereocenters. The van der Waals surface area contributed by atoms with Crippen LogP contribution in [-0.4, -0.2) is 17.6 Å². The Labute approximate surface area is 124 Å². The average molecular weight is 310 g/mol. The molecule has 0 aliphatic rings. The minimum atomic E-state index is -0.592. The molecule has 0 aliphatic carbocycles. The van der Waals surface area contributed by atoms with Crippen molar-refractivity contribution < 1.29 is 14.3 Å². The summed E-state index contributed by atoms with van der Waals surface area (Å²) in [5.41, 5.74) is 0.327. The molecule has 0 aliphatic heterocycles. The summed E-state index contributed by atoms with van der Waals surface area (Å²) in [6, 6.07) is 7.35. The molecule has 0 spiro atoms. The number of aliphatic hydroxyl groups is 1. The van der Waals surface area contributed by atoms with E-state index in [1.165, 1.54) is 23.5 Å². The molecule has 0 radical (unpaired) electrons. The second kappa shape index (κ2) is 6.53. The summed E-state index contributed by atoms with van der Waals surface area (Å²) in [7, 11) is 0. The van der Waals surface area contributed by atoms with Crippen LogP contribution in [0.4, 0.5) is 10.1 Å². The van der Waals surface area contributed by atoms with E-state index in [-0.39, 0.29) is 17.5 Å². The SMILES string of the molecule is O=C(Nc1ccc(Cl)c(F)c1)c1ccc(C#CCO)s1. The second-order valence-electron chi connectivity index (χ2n) is 3.71. The number of aliphatic hydroxyl groups excluding tert-OH is 1. The summed E-state index contributed by atoms with van der Waals surface area (Å²) in [6.07, 6.45) is 0. The van der Waals surface area contributed by atoms with E-state index in [4.69, 9.17) is 16.7 Å². The maximum atomic E-state index is 13.3. The molecule has 0 unspecified atom stereocenters. The molecule has 6 heteroatoms. The lowest BCUT2D eigenvalue weighted by atomic mass is 10.3. The third kappa shape index (κ3) is 3.58. The quantitative estimate of drug-likeness (QED) is 0.837. The number of rotatable bonds is 2. The van der Waals surface area contributed by atoms with Gasteiger partial charge in [-0.15, -0.1) is 11.3 Å². The largest absolute Gasteiger partial charge is 0.384 e. The summed E-state index contributed by atoms with van der Waals surface area (Å²) < 4.78 is 13.3. The van der Waals surface area contributed by atoms with Crippen LogP contribution in [0.5, 0.6) is 0 Å². The zero-order valence-electron chi connectivity index (χ0n) is 10.1. The minimum absolute atomic E-state index is 0.000636. The van der Waals surface area contributed by atoms with Gasteiger partial charge < -0.3 is 10.4 Å². The smallest absolute Gasteiger partial charge is 0.265 e. The number of nitrogens with one attached hydrogen (secondary N) is 1. The highest BCUT2D eigenvalue weighted by atomic mass is 35.5. The van der Waals surface area contributed by atoms with Crippen molar-refractivity contribution in [2.45, 2.75) is 0 Å². The van der Waals surface area contributed by atoms with Crippen LogP contribution in [0.25, 0.3) is 0 Å². The zero-order valence-corrected chi connectivity index (χ0v) is 11.7. The highest BCUT2D eigenvalue weighted by Gasteiger charge is 2.10. The van der Waals surface area contributed by atoms with Gasteiger partial charge >= 0.3 is 0 Å². The van der Waals surface area contributed by atoms with E-state index in [9.17, 15) is 9.18 Å². The van der Waals surface area contributed by atoms with E-state index < -0.39 is 5.82 Å². The topological polar surface area (TPSA) is 49.3 Å². The van der Waals surface area contributed by atoms with Gasteiger partial charge in [-0.05, 0) is 30.3 Å². The Morgan fingerprint density at radius 3 is 2.90 bits per heavy atom. The van der Waals surface area contributed by atoms with Crippen molar-refractivity contribution in [2.75, 3.05) is 11.9 Å². The predicted molar refractivity (Wildman–Crippen MR) is 77.6 cm³/mol. The molecule has 2 rings (SSSR count). The summed E-state index contributed by atoms with van der Waals surface area (Å²) in [5, 5.41) is 11.2. The van der Waals surface area contributed by atoms with Gasteiger partial charge in [0, 0.05) is 5.69 Å². The summed E-state index contributed by atoms with van der Waals surface area (Å²) >= 11 is 6.76. The molecule has 1 aromatic carbocycles. The molecule has 3 nitrogen and oxygen atoms in total.